The molecule has 0 aromatic rings. The lowest BCUT2D eigenvalue weighted by Crippen LogP contribution is -2.47. The van der Waals surface area contributed by atoms with Crippen LogP contribution in [-0.2, 0) is 14.8 Å². The summed E-state index contributed by atoms with van der Waals surface area (Å²) < 4.78 is 31.1. The van der Waals surface area contributed by atoms with Gasteiger partial charge < -0.3 is 10.5 Å². The van der Waals surface area contributed by atoms with Gasteiger partial charge in [-0.3, -0.25) is 0 Å². The maximum atomic E-state index is 12.1. The molecule has 0 aromatic heterocycles. The normalized spacial score (nSPS) is 20.6. The molecule has 5 nitrogen and oxygen atoms in total. The van der Waals surface area contributed by atoms with Gasteiger partial charge in [-0.15, -0.1) is 0 Å². The van der Waals surface area contributed by atoms with Crippen molar-refractivity contribution in [2.45, 2.75) is 39.7 Å². The minimum absolute atomic E-state index is 0.0367. The first-order chi connectivity index (χ1) is 8.67. The van der Waals surface area contributed by atoms with E-state index < -0.39 is 10.0 Å². The molecule has 0 bridgehead atoms. The third-order valence-electron chi connectivity index (χ3n) is 3.61. The number of thiocarbonyl (C=S) groups is 1. The molecule has 0 amide bonds. The van der Waals surface area contributed by atoms with Gasteiger partial charge in [-0.25, -0.2) is 12.7 Å². The van der Waals surface area contributed by atoms with Crippen LogP contribution in [0, 0.1) is 5.41 Å². The molecule has 0 aromatic carbocycles. The first kappa shape index (κ1) is 16.8. The second kappa shape index (κ2) is 6.47. The number of piperidine rings is 1. The quantitative estimate of drug-likeness (QED) is 0.745. The predicted octanol–water partition coefficient (Wildman–Crippen LogP) is 1.13. The van der Waals surface area contributed by atoms with Gasteiger partial charge in [-0.2, -0.15) is 0 Å². The van der Waals surface area contributed by atoms with Gasteiger partial charge >= 0.3 is 0 Å². The van der Waals surface area contributed by atoms with Crippen LogP contribution in [0.4, 0.5) is 0 Å². The van der Waals surface area contributed by atoms with Crippen LogP contribution >= 0.6 is 12.2 Å². The van der Waals surface area contributed by atoms with Crippen LogP contribution in [0.5, 0.6) is 0 Å². The van der Waals surface area contributed by atoms with Crippen LogP contribution in [0.15, 0.2) is 0 Å². The van der Waals surface area contributed by atoms with E-state index in [9.17, 15) is 8.42 Å². The maximum Gasteiger partial charge on any atom is 0.216 e. The second-order valence-electron chi connectivity index (χ2n) is 5.56. The van der Waals surface area contributed by atoms with Crippen molar-refractivity contribution < 1.29 is 13.2 Å². The minimum Gasteiger partial charge on any atom is -0.393 e. The fourth-order valence-corrected chi connectivity index (χ4v) is 3.53. The molecule has 1 aliphatic rings. The molecule has 1 aliphatic heterocycles. The third kappa shape index (κ3) is 4.66. The average Bonchev–Trinajstić information content (AvgIpc) is 2.28. The Morgan fingerprint density at radius 1 is 1.42 bits per heavy atom. The average molecular weight is 308 g/mol. The highest BCUT2D eigenvalue weighted by Gasteiger charge is 2.36. The SMILES string of the molecule is CC(C)OCCS(=O)(=O)N1CCC(C)(C(N)=S)CC1. The summed E-state index contributed by atoms with van der Waals surface area (Å²) in [5.41, 5.74) is 5.50. The summed E-state index contributed by atoms with van der Waals surface area (Å²) in [5, 5.41) is 0. The van der Waals surface area contributed by atoms with E-state index >= 15 is 0 Å². The van der Waals surface area contributed by atoms with E-state index in [0.717, 1.165) is 0 Å². The van der Waals surface area contributed by atoms with Crippen molar-refractivity contribution in [3.05, 3.63) is 0 Å². The Morgan fingerprint density at radius 2 is 1.95 bits per heavy atom. The molecule has 0 aliphatic carbocycles. The molecule has 1 heterocycles. The molecular weight excluding hydrogens is 284 g/mol. The number of nitrogens with zero attached hydrogens (tertiary/aromatic N) is 1. The van der Waals surface area contributed by atoms with E-state index in [4.69, 9.17) is 22.7 Å². The van der Waals surface area contributed by atoms with Crippen molar-refractivity contribution >= 4 is 27.2 Å². The predicted molar refractivity (Wildman–Crippen MR) is 80.6 cm³/mol. The Balaban J connectivity index is 2.52. The highest BCUT2D eigenvalue weighted by Crippen LogP contribution is 2.32. The molecule has 112 valence electrons. The number of ether oxygens (including phenoxy) is 1. The van der Waals surface area contributed by atoms with Crippen LogP contribution in [-0.4, -0.2) is 49.3 Å². The van der Waals surface area contributed by atoms with E-state index in [1.54, 1.807) is 0 Å². The molecule has 1 saturated heterocycles. The molecule has 1 rings (SSSR count). The van der Waals surface area contributed by atoms with Crippen molar-refractivity contribution in [3.63, 3.8) is 0 Å². The largest absolute Gasteiger partial charge is 0.393 e. The summed E-state index contributed by atoms with van der Waals surface area (Å²) >= 11 is 5.05. The van der Waals surface area contributed by atoms with Gasteiger partial charge in [0.15, 0.2) is 0 Å². The second-order valence-corrected chi connectivity index (χ2v) is 8.09. The van der Waals surface area contributed by atoms with Crippen LogP contribution in [0.1, 0.15) is 33.6 Å². The number of hydrogen-bond donors (Lipinski definition) is 1. The Morgan fingerprint density at radius 3 is 2.37 bits per heavy atom. The van der Waals surface area contributed by atoms with Crippen LogP contribution in [0.3, 0.4) is 0 Å². The van der Waals surface area contributed by atoms with E-state index in [0.29, 0.717) is 30.9 Å². The number of sulfonamides is 1. The van der Waals surface area contributed by atoms with E-state index in [1.807, 2.05) is 20.8 Å². The summed E-state index contributed by atoms with van der Waals surface area (Å²) in [6, 6.07) is 0. The molecule has 7 heteroatoms. The molecule has 0 radical (unpaired) electrons. The van der Waals surface area contributed by atoms with E-state index in [2.05, 4.69) is 0 Å². The van der Waals surface area contributed by atoms with Gasteiger partial charge in [0.1, 0.15) is 0 Å². The lowest BCUT2D eigenvalue weighted by Gasteiger charge is -2.37. The highest BCUT2D eigenvalue weighted by molar-refractivity contribution is 7.89. The zero-order valence-electron chi connectivity index (χ0n) is 11.9. The molecule has 0 unspecified atom stereocenters. The zero-order chi connectivity index (χ0) is 14.7. The van der Waals surface area contributed by atoms with Crippen molar-refractivity contribution in [2.24, 2.45) is 11.1 Å². The van der Waals surface area contributed by atoms with E-state index in [-0.39, 0.29) is 23.9 Å². The molecule has 0 saturated carbocycles. The topological polar surface area (TPSA) is 72.6 Å². The maximum absolute atomic E-state index is 12.1. The van der Waals surface area contributed by atoms with Gasteiger partial charge in [0.25, 0.3) is 0 Å². The Labute approximate surface area is 121 Å². The summed E-state index contributed by atoms with van der Waals surface area (Å²) in [4.78, 5) is 0.479. The fourth-order valence-electron chi connectivity index (χ4n) is 2.02. The van der Waals surface area contributed by atoms with Crippen molar-refractivity contribution in [2.75, 3.05) is 25.4 Å². The Kier molecular flexibility index (Phi) is 5.73. The monoisotopic (exact) mass is 308 g/mol. The summed E-state index contributed by atoms with van der Waals surface area (Å²) in [6.07, 6.45) is 1.42. The van der Waals surface area contributed by atoms with Gasteiger partial charge in [0.05, 0.1) is 23.5 Å². The molecule has 19 heavy (non-hydrogen) atoms. The summed E-state index contributed by atoms with van der Waals surface area (Å²) in [5.74, 6) is 0.0367. The van der Waals surface area contributed by atoms with Crippen LogP contribution in [0.25, 0.3) is 0 Å². The van der Waals surface area contributed by atoms with Gasteiger partial charge in [0.2, 0.25) is 10.0 Å². The van der Waals surface area contributed by atoms with Crippen LogP contribution < -0.4 is 5.73 Å². The van der Waals surface area contributed by atoms with Crippen LogP contribution in [0.2, 0.25) is 0 Å². The fraction of sp³-hybridized carbons (Fsp3) is 0.917. The third-order valence-corrected chi connectivity index (χ3v) is 5.93. The zero-order valence-corrected chi connectivity index (χ0v) is 13.5. The molecule has 2 N–H and O–H groups in total. The first-order valence-corrected chi connectivity index (χ1v) is 8.58. The lowest BCUT2D eigenvalue weighted by atomic mass is 9.81. The molecule has 0 atom stereocenters. The minimum atomic E-state index is -3.23. The molecule has 0 spiro atoms. The Bertz CT molecular complexity index is 413. The highest BCUT2D eigenvalue weighted by atomic mass is 32.2. The van der Waals surface area contributed by atoms with Crippen molar-refractivity contribution in [1.82, 2.24) is 4.31 Å². The molecule has 1 fully saturated rings. The van der Waals surface area contributed by atoms with Gasteiger partial charge in [0, 0.05) is 18.5 Å². The first-order valence-electron chi connectivity index (χ1n) is 6.57. The summed E-state index contributed by atoms with van der Waals surface area (Å²) in [6.45, 7) is 6.99. The smallest absolute Gasteiger partial charge is 0.216 e. The van der Waals surface area contributed by atoms with Gasteiger partial charge in [-0.1, -0.05) is 19.1 Å². The lowest BCUT2D eigenvalue weighted by molar-refractivity contribution is 0.0904. The Hall–Kier alpha value is -0.240. The van der Waals surface area contributed by atoms with Gasteiger partial charge in [-0.05, 0) is 26.7 Å². The molecular formula is C12H24N2O3S2. The standard InChI is InChI=1S/C12H24N2O3S2/c1-10(2)17-8-9-19(15,16)14-6-4-12(3,5-7-14)11(13)18/h10H,4-9H2,1-3H3,(H2,13,18). The number of rotatable bonds is 6. The number of hydrogen-bond acceptors (Lipinski definition) is 4. The van der Waals surface area contributed by atoms with Crippen molar-refractivity contribution in [1.29, 1.82) is 0 Å². The summed E-state index contributed by atoms with van der Waals surface area (Å²) in [7, 11) is -3.23. The number of nitrogens with two attached hydrogens (primary N) is 1. The van der Waals surface area contributed by atoms with E-state index in [1.165, 1.54) is 4.31 Å². The van der Waals surface area contributed by atoms with Crippen molar-refractivity contribution in [3.8, 4) is 0 Å².